The summed E-state index contributed by atoms with van der Waals surface area (Å²) in [7, 11) is 0. The van der Waals surface area contributed by atoms with Gasteiger partial charge in [0.05, 0.1) is 0 Å². The van der Waals surface area contributed by atoms with Crippen LogP contribution in [0.4, 0.5) is 0 Å². The second-order valence-electron chi connectivity index (χ2n) is 3.90. The van der Waals surface area contributed by atoms with Crippen LogP contribution in [0.1, 0.15) is 19.8 Å². The number of aliphatic hydroxyl groups excluding tert-OH is 1. The van der Waals surface area contributed by atoms with Crippen LogP contribution in [-0.4, -0.2) is 30.1 Å². The number of hydrogen-bond donors (Lipinski definition) is 2. The fraction of sp³-hybridized carbons (Fsp3) is 0.538. The van der Waals surface area contributed by atoms with Crippen LogP contribution < -0.4 is 5.32 Å². The molecule has 0 heterocycles. The van der Waals surface area contributed by atoms with Crippen LogP contribution in [0.25, 0.3) is 0 Å². The minimum Gasteiger partial charge on any atom is -0.396 e. The average Bonchev–Trinajstić information content (AvgIpc) is 2.34. The van der Waals surface area contributed by atoms with Gasteiger partial charge in [0.2, 0.25) is 0 Å². The monoisotopic (exact) mass is 317 g/mol. The molecule has 4 heteroatoms. The molecule has 17 heavy (non-hydrogen) atoms. The summed E-state index contributed by atoms with van der Waals surface area (Å²) in [6.07, 6.45) is 1.94. The Kier molecular flexibility index (Phi) is 7.93. The first kappa shape index (κ1) is 15.0. The third kappa shape index (κ3) is 5.91. The predicted molar refractivity (Wildman–Crippen MR) is 78.7 cm³/mol. The number of halogens is 1. The number of nitrogens with one attached hydrogen (secondary N) is 1. The van der Waals surface area contributed by atoms with Gasteiger partial charge in [0.1, 0.15) is 0 Å². The first-order valence-electron chi connectivity index (χ1n) is 5.99. The Morgan fingerprint density at radius 2 is 2.18 bits per heavy atom. The molecule has 2 N–H and O–H groups in total. The molecular formula is C13H20BrNOS. The molecule has 0 spiro atoms. The minimum atomic E-state index is 0.248. The molecule has 1 unspecified atom stereocenters. The lowest BCUT2D eigenvalue weighted by Crippen LogP contribution is -2.32. The molecular weight excluding hydrogens is 298 g/mol. The van der Waals surface area contributed by atoms with E-state index < -0.39 is 0 Å². The predicted octanol–water partition coefficient (Wildman–Crippen LogP) is 3.29. The quantitative estimate of drug-likeness (QED) is 0.722. The maximum Gasteiger partial charge on any atom is 0.0446 e. The van der Waals surface area contributed by atoms with E-state index in [-0.39, 0.29) is 6.61 Å². The van der Waals surface area contributed by atoms with Gasteiger partial charge >= 0.3 is 0 Å². The SMILES string of the molecule is CCCNC(CCO)CSc1ccccc1Br. The summed E-state index contributed by atoms with van der Waals surface area (Å²) in [5.74, 6) is 0.989. The van der Waals surface area contributed by atoms with Gasteiger partial charge in [-0.3, -0.25) is 0 Å². The van der Waals surface area contributed by atoms with Crippen molar-refractivity contribution in [3.05, 3.63) is 28.7 Å². The highest BCUT2D eigenvalue weighted by atomic mass is 79.9. The molecule has 0 radical (unpaired) electrons. The highest BCUT2D eigenvalue weighted by molar-refractivity contribution is 9.10. The molecule has 0 aromatic heterocycles. The molecule has 1 rings (SSSR count). The van der Waals surface area contributed by atoms with Gasteiger partial charge < -0.3 is 10.4 Å². The molecule has 0 saturated carbocycles. The first-order valence-corrected chi connectivity index (χ1v) is 7.77. The molecule has 0 aliphatic carbocycles. The van der Waals surface area contributed by atoms with Crippen molar-refractivity contribution in [2.75, 3.05) is 18.9 Å². The highest BCUT2D eigenvalue weighted by Gasteiger charge is 2.08. The molecule has 1 aromatic rings. The fourth-order valence-corrected chi connectivity index (χ4v) is 3.17. The van der Waals surface area contributed by atoms with Gasteiger partial charge in [-0.1, -0.05) is 19.1 Å². The van der Waals surface area contributed by atoms with Crippen LogP contribution in [0, 0.1) is 0 Å². The van der Waals surface area contributed by atoms with E-state index in [1.165, 1.54) is 4.90 Å². The van der Waals surface area contributed by atoms with Crippen molar-refractivity contribution in [3.8, 4) is 0 Å². The topological polar surface area (TPSA) is 32.3 Å². The van der Waals surface area contributed by atoms with Gasteiger partial charge in [-0.05, 0) is 47.4 Å². The lowest BCUT2D eigenvalue weighted by molar-refractivity contribution is 0.270. The fourth-order valence-electron chi connectivity index (χ4n) is 1.50. The van der Waals surface area contributed by atoms with Crippen molar-refractivity contribution in [3.63, 3.8) is 0 Å². The number of rotatable bonds is 8. The summed E-state index contributed by atoms with van der Waals surface area (Å²) in [5.41, 5.74) is 0. The van der Waals surface area contributed by atoms with E-state index in [4.69, 9.17) is 5.11 Å². The zero-order valence-electron chi connectivity index (χ0n) is 10.2. The number of aliphatic hydroxyl groups is 1. The largest absolute Gasteiger partial charge is 0.396 e. The molecule has 2 nitrogen and oxygen atoms in total. The normalized spacial score (nSPS) is 12.6. The van der Waals surface area contributed by atoms with E-state index in [0.29, 0.717) is 6.04 Å². The number of thioether (sulfide) groups is 1. The van der Waals surface area contributed by atoms with Crippen molar-refractivity contribution in [1.29, 1.82) is 0 Å². The third-order valence-corrected chi connectivity index (χ3v) is 4.63. The molecule has 0 bridgehead atoms. The molecule has 0 saturated heterocycles. The Morgan fingerprint density at radius 3 is 2.82 bits per heavy atom. The van der Waals surface area contributed by atoms with Gasteiger partial charge in [0.25, 0.3) is 0 Å². The second-order valence-corrected chi connectivity index (χ2v) is 5.82. The van der Waals surface area contributed by atoms with Crippen molar-refractivity contribution < 1.29 is 5.11 Å². The van der Waals surface area contributed by atoms with Gasteiger partial charge in [-0.2, -0.15) is 0 Å². The molecule has 1 atom stereocenters. The summed E-state index contributed by atoms with van der Waals surface area (Å²) in [6, 6.07) is 8.63. The maximum atomic E-state index is 9.03. The zero-order chi connectivity index (χ0) is 12.5. The van der Waals surface area contributed by atoms with E-state index >= 15 is 0 Å². The van der Waals surface area contributed by atoms with Crippen molar-refractivity contribution in [2.45, 2.75) is 30.7 Å². The lowest BCUT2D eigenvalue weighted by Gasteiger charge is -2.17. The van der Waals surface area contributed by atoms with Crippen molar-refractivity contribution in [2.24, 2.45) is 0 Å². The van der Waals surface area contributed by atoms with E-state index in [1.807, 2.05) is 23.9 Å². The average molecular weight is 318 g/mol. The van der Waals surface area contributed by atoms with Crippen LogP contribution in [0.3, 0.4) is 0 Å². The van der Waals surface area contributed by atoms with Crippen LogP contribution in [-0.2, 0) is 0 Å². The lowest BCUT2D eigenvalue weighted by atomic mass is 10.2. The zero-order valence-corrected chi connectivity index (χ0v) is 12.6. The summed E-state index contributed by atoms with van der Waals surface area (Å²) >= 11 is 5.37. The Bertz CT molecular complexity index is 322. The van der Waals surface area contributed by atoms with E-state index in [1.54, 1.807) is 0 Å². The van der Waals surface area contributed by atoms with Crippen LogP contribution in [0.5, 0.6) is 0 Å². The Labute approximate surface area is 116 Å². The Balaban J connectivity index is 2.42. The smallest absolute Gasteiger partial charge is 0.0446 e. The standard InChI is InChI=1S/C13H20BrNOS/c1-2-8-15-11(7-9-16)10-17-13-6-4-3-5-12(13)14/h3-6,11,15-16H,2,7-10H2,1H3. The van der Waals surface area contributed by atoms with Gasteiger partial charge in [-0.15, -0.1) is 11.8 Å². The second kappa shape index (κ2) is 8.97. The van der Waals surface area contributed by atoms with Crippen molar-refractivity contribution >= 4 is 27.7 Å². The summed E-state index contributed by atoms with van der Waals surface area (Å²) < 4.78 is 1.14. The summed E-state index contributed by atoms with van der Waals surface area (Å²) in [4.78, 5) is 1.26. The van der Waals surface area contributed by atoms with Crippen LogP contribution in [0.15, 0.2) is 33.6 Å². The van der Waals surface area contributed by atoms with Gasteiger partial charge in [-0.25, -0.2) is 0 Å². The molecule has 0 aliphatic rings. The summed E-state index contributed by atoms with van der Waals surface area (Å²) in [5, 5.41) is 12.5. The molecule has 0 fully saturated rings. The molecule has 0 amide bonds. The van der Waals surface area contributed by atoms with Crippen LogP contribution in [0.2, 0.25) is 0 Å². The minimum absolute atomic E-state index is 0.248. The van der Waals surface area contributed by atoms with E-state index in [9.17, 15) is 0 Å². The Hall–Kier alpha value is -0.0300. The maximum absolute atomic E-state index is 9.03. The molecule has 96 valence electrons. The van der Waals surface area contributed by atoms with Crippen molar-refractivity contribution in [1.82, 2.24) is 5.32 Å². The Morgan fingerprint density at radius 1 is 1.41 bits per heavy atom. The number of benzene rings is 1. The highest BCUT2D eigenvalue weighted by Crippen LogP contribution is 2.27. The van der Waals surface area contributed by atoms with Crippen LogP contribution >= 0.6 is 27.7 Å². The first-order chi connectivity index (χ1) is 8.27. The summed E-state index contributed by atoms with van der Waals surface area (Å²) in [6.45, 7) is 3.42. The van der Waals surface area contributed by atoms with Gasteiger partial charge in [0.15, 0.2) is 0 Å². The number of hydrogen-bond acceptors (Lipinski definition) is 3. The molecule has 1 aromatic carbocycles. The van der Waals surface area contributed by atoms with Gasteiger partial charge in [0, 0.05) is 27.8 Å². The third-order valence-electron chi connectivity index (χ3n) is 2.44. The molecule has 0 aliphatic heterocycles. The van der Waals surface area contributed by atoms with E-state index in [2.05, 4.69) is 40.3 Å². The van der Waals surface area contributed by atoms with E-state index in [0.717, 1.165) is 29.6 Å².